The van der Waals surface area contributed by atoms with Crippen LogP contribution in [0.1, 0.15) is 49.7 Å². The number of fused-ring (bicyclic) bond motifs is 1. The highest BCUT2D eigenvalue weighted by atomic mass is 16.3. The maximum absolute atomic E-state index is 12.8. The molecule has 9 heteroatoms. The molecule has 0 radical (unpaired) electrons. The van der Waals surface area contributed by atoms with Crippen molar-refractivity contribution in [3.63, 3.8) is 0 Å². The largest absolute Gasteiger partial charge is 0.494 e. The normalized spacial score (nSPS) is 14.6. The molecule has 0 aromatic carbocycles. The fraction of sp³-hybridized carbons (Fsp3) is 0.529. The maximum Gasteiger partial charge on any atom is 0.291 e. The Morgan fingerprint density at radius 2 is 2.04 bits per heavy atom. The van der Waals surface area contributed by atoms with Gasteiger partial charge in [0.15, 0.2) is 5.56 Å². The van der Waals surface area contributed by atoms with Gasteiger partial charge in [-0.1, -0.05) is 20.8 Å². The molecule has 1 aliphatic rings. The van der Waals surface area contributed by atoms with Crippen LogP contribution in [0, 0.1) is 5.41 Å². The highest BCUT2D eigenvalue weighted by Gasteiger charge is 2.30. The van der Waals surface area contributed by atoms with E-state index in [1.54, 1.807) is 0 Å². The van der Waals surface area contributed by atoms with Gasteiger partial charge < -0.3 is 16.2 Å². The van der Waals surface area contributed by atoms with E-state index in [2.05, 4.69) is 10.4 Å². The van der Waals surface area contributed by atoms with E-state index in [-0.39, 0.29) is 23.4 Å². The smallest absolute Gasteiger partial charge is 0.291 e. The molecular formula is C17H23N5O4. The molecule has 0 atom stereocenters. The van der Waals surface area contributed by atoms with Crippen LogP contribution in [0.15, 0.2) is 10.9 Å². The van der Waals surface area contributed by atoms with Gasteiger partial charge in [-0.25, -0.2) is 0 Å². The van der Waals surface area contributed by atoms with Crippen molar-refractivity contribution in [1.29, 1.82) is 0 Å². The first-order chi connectivity index (χ1) is 12.1. The van der Waals surface area contributed by atoms with Crippen molar-refractivity contribution in [3.8, 4) is 5.88 Å². The second-order valence-electron chi connectivity index (χ2n) is 7.95. The summed E-state index contributed by atoms with van der Waals surface area (Å²) in [6.07, 6.45) is 1.58. The third-order valence-electron chi connectivity index (χ3n) is 4.03. The molecule has 0 unspecified atom stereocenters. The minimum absolute atomic E-state index is 0.0381. The van der Waals surface area contributed by atoms with Gasteiger partial charge in [0.2, 0.25) is 11.8 Å². The molecule has 0 bridgehead atoms. The zero-order valence-corrected chi connectivity index (χ0v) is 15.1. The summed E-state index contributed by atoms with van der Waals surface area (Å²) in [6.45, 7) is 6.23. The number of rotatable bonds is 5. The van der Waals surface area contributed by atoms with Gasteiger partial charge in [-0.05, 0) is 18.3 Å². The van der Waals surface area contributed by atoms with Gasteiger partial charge in [0.25, 0.3) is 11.5 Å². The number of hydrogen-bond acceptors (Lipinski definition) is 5. The van der Waals surface area contributed by atoms with E-state index in [0.717, 1.165) is 17.4 Å². The standard InChI is InChI=1S/C17H23N5O4/c1-17(2,3)8-21-12-7-10(6-11(18)23)20-22(12)16(26)13(15(21)25)14(24)19-9-4-5-9/h7,9,25H,4-6,8H2,1-3H3,(H2,18,23)(H,19,24). The summed E-state index contributed by atoms with van der Waals surface area (Å²) >= 11 is 0. The first kappa shape index (κ1) is 18.0. The van der Waals surface area contributed by atoms with Crippen LogP contribution in [-0.4, -0.2) is 37.1 Å². The van der Waals surface area contributed by atoms with Crippen LogP contribution in [0.2, 0.25) is 0 Å². The van der Waals surface area contributed by atoms with Gasteiger partial charge in [-0.15, -0.1) is 0 Å². The molecule has 4 N–H and O–H groups in total. The molecule has 2 aromatic rings. The Bertz CT molecular complexity index is 947. The second kappa shape index (κ2) is 6.15. The first-order valence-corrected chi connectivity index (χ1v) is 8.50. The van der Waals surface area contributed by atoms with Crippen LogP contribution in [0.25, 0.3) is 5.65 Å². The molecule has 0 spiro atoms. The lowest BCUT2D eigenvalue weighted by atomic mass is 9.96. The summed E-state index contributed by atoms with van der Waals surface area (Å²) in [6, 6.07) is 1.57. The van der Waals surface area contributed by atoms with Gasteiger partial charge in [0.1, 0.15) is 5.65 Å². The summed E-state index contributed by atoms with van der Waals surface area (Å²) in [7, 11) is 0. The average molecular weight is 361 g/mol. The van der Waals surface area contributed by atoms with Crippen molar-refractivity contribution in [2.24, 2.45) is 11.1 Å². The van der Waals surface area contributed by atoms with E-state index in [9.17, 15) is 19.5 Å². The number of aromatic hydroxyl groups is 1. The molecule has 0 saturated heterocycles. The summed E-state index contributed by atoms with van der Waals surface area (Å²) in [4.78, 5) is 36.4. The van der Waals surface area contributed by atoms with Crippen molar-refractivity contribution in [2.45, 2.75) is 52.6 Å². The van der Waals surface area contributed by atoms with E-state index >= 15 is 0 Å². The molecule has 0 aliphatic heterocycles. The third-order valence-corrected chi connectivity index (χ3v) is 4.03. The minimum atomic E-state index is -0.725. The maximum atomic E-state index is 12.8. The predicted octanol–water partition coefficient (Wildman–Crippen LogP) is 0.168. The zero-order valence-electron chi connectivity index (χ0n) is 15.1. The number of carbonyl (C=O) groups excluding carboxylic acids is 2. The van der Waals surface area contributed by atoms with Crippen molar-refractivity contribution in [3.05, 3.63) is 27.7 Å². The number of aromatic nitrogens is 3. The zero-order chi connectivity index (χ0) is 19.2. The monoisotopic (exact) mass is 361 g/mol. The second-order valence-corrected chi connectivity index (χ2v) is 7.95. The fourth-order valence-electron chi connectivity index (χ4n) is 2.78. The number of carbonyl (C=O) groups is 2. The SMILES string of the molecule is CC(C)(C)Cn1c(O)c(C(=O)NC2CC2)c(=O)n2nc(CC(N)=O)cc12. The Balaban J connectivity index is 2.21. The Labute approximate surface area is 149 Å². The van der Waals surface area contributed by atoms with Gasteiger partial charge in [-0.3, -0.25) is 19.0 Å². The molecule has 26 heavy (non-hydrogen) atoms. The van der Waals surface area contributed by atoms with Gasteiger partial charge in [0.05, 0.1) is 12.1 Å². The predicted molar refractivity (Wildman–Crippen MR) is 94.0 cm³/mol. The number of nitrogens with one attached hydrogen (secondary N) is 1. The Hall–Kier alpha value is -2.84. The van der Waals surface area contributed by atoms with Crippen LogP contribution >= 0.6 is 0 Å². The fourth-order valence-corrected chi connectivity index (χ4v) is 2.78. The Morgan fingerprint density at radius 1 is 1.38 bits per heavy atom. The van der Waals surface area contributed by atoms with Crippen LogP contribution in [0.3, 0.4) is 0 Å². The summed E-state index contributed by atoms with van der Waals surface area (Å²) in [5, 5.41) is 17.5. The average Bonchev–Trinajstić information content (AvgIpc) is 3.19. The molecule has 2 amide bonds. The minimum Gasteiger partial charge on any atom is -0.494 e. The molecular weight excluding hydrogens is 338 g/mol. The topological polar surface area (TPSA) is 132 Å². The first-order valence-electron chi connectivity index (χ1n) is 8.50. The number of nitrogens with zero attached hydrogens (tertiary/aromatic N) is 3. The highest BCUT2D eigenvalue weighted by Crippen LogP contribution is 2.26. The molecule has 140 valence electrons. The van der Waals surface area contributed by atoms with Crippen LogP contribution < -0.4 is 16.6 Å². The van der Waals surface area contributed by atoms with Gasteiger partial charge in [-0.2, -0.15) is 9.61 Å². The van der Waals surface area contributed by atoms with E-state index < -0.39 is 23.3 Å². The van der Waals surface area contributed by atoms with Crippen LogP contribution in [0.4, 0.5) is 0 Å². The van der Waals surface area contributed by atoms with Crippen molar-refractivity contribution in [2.75, 3.05) is 0 Å². The molecule has 2 aromatic heterocycles. The lowest BCUT2D eigenvalue weighted by molar-refractivity contribution is -0.117. The molecule has 3 rings (SSSR count). The summed E-state index contributed by atoms with van der Waals surface area (Å²) < 4.78 is 2.52. The Morgan fingerprint density at radius 3 is 2.58 bits per heavy atom. The molecule has 2 heterocycles. The van der Waals surface area contributed by atoms with E-state index in [1.807, 2.05) is 20.8 Å². The van der Waals surface area contributed by atoms with Crippen molar-refractivity contribution < 1.29 is 14.7 Å². The molecule has 1 aliphatic carbocycles. The number of primary amides is 1. The van der Waals surface area contributed by atoms with E-state index in [0.29, 0.717) is 17.9 Å². The molecule has 1 fully saturated rings. The lowest BCUT2D eigenvalue weighted by Crippen LogP contribution is -2.35. The quantitative estimate of drug-likeness (QED) is 0.698. The highest BCUT2D eigenvalue weighted by molar-refractivity contribution is 5.96. The summed E-state index contributed by atoms with van der Waals surface area (Å²) in [5.74, 6) is -1.60. The number of hydrogen-bond donors (Lipinski definition) is 3. The summed E-state index contributed by atoms with van der Waals surface area (Å²) in [5.41, 5.74) is 4.50. The third kappa shape index (κ3) is 3.56. The van der Waals surface area contributed by atoms with E-state index in [1.165, 1.54) is 10.6 Å². The lowest BCUT2D eigenvalue weighted by Gasteiger charge is -2.23. The van der Waals surface area contributed by atoms with Gasteiger partial charge in [0, 0.05) is 18.7 Å². The van der Waals surface area contributed by atoms with Gasteiger partial charge >= 0.3 is 0 Å². The van der Waals surface area contributed by atoms with Crippen LogP contribution in [-0.2, 0) is 17.8 Å². The van der Waals surface area contributed by atoms with Crippen molar-refractivity contribution >= 4 is 17.5 Å². The number of amides is 2. The molecule has 1 saturated carbocycles. The Kier molecular flexibility index (Phi) is 4.25. The molecule has 9 nitrogen and oxygen atoms in total. The van der Waals surface area contributed by atoms with Crippen molar-refractivity contribution in [1.82, 2.24) is 19.5 Å². The number of nitrogens with two attached hydrogens (primary N) is 1. The van der Waals surface area contributed by atoms with E-state index in [4.69, 9.17) is 5.73 Å². The van der Waals surface area contributed by atoms with Crippen LogP contribution in [0.5, 0.6) is 5.88 Å².